The van der Waals surface area contributed by atoms with Crippen molar-refractivity contribution in [2.45, 2.75) is 167 Å². The number of hydrogen-bond donors (Lipinski definition) is 0. The second-order valence-corrected chi connectivity index (χ2v) is 33.1. The first-order chi connectivity index (χ1) is 15.0. The molecule has 0 aliphatic rings. The monoisotopic (exact) mass is 573 g/mol. The quantitative estimate of drug-likeness (QED) is 0.101. The standard InChI is InChI=1S/C26H58Cl3NSi3/c1-14-15-16-17-18-19-26(33(27,28)29)30(31(20(2)3,21(4)5)22(6)7)32(23(8)9,24(10)11)25(12)13/h20-26H,14-19H2,1-13H3. The summed E-state index contributed by atoms with van der Waals surface area (Å²) >= 11 is 21.4. The van der Waals surface area contributed by atoms with Crippen molar-refractivity contribution in [3.05, 3.63) is 0 Å². The molecule has 0 aliphatic carbocycles. The maximum Gasteiger partial charge on any atom is 0.356 e. The van der Waals surface area contributed by atoms with E-state index >= 15 is 0 Å². The molecule has 0 aromatic rings. The molecule has 1 atom stereocenters. The van der Waals surface area contributed by atoms with E-state index in [0.717, 1.165) is 6.42 Å². The molecule has 0 aromatic heterocycles. The third kappa shape index (κ3) is 7.51. The Balaban J connectivity index is 7.27. The Morgan fingerprint density at radius 2 is 0.818 bits per heavy atom. The van der Waals surface area contributed by atoms with Gasteiger partial charge < -0.3 is 4.23 Å². The molecule has 0 rings (SSSR count). The Labute approximate surface area is 226 Å². The lowest BCUT2D eigenvalue weighted by Crippen LogP contribution is -2.78. The second-order valence-electron chi connectivity index (χ2n) is 12.3. The summed E-state index contributed by atoms with van der Waals surface area (Å²) in [4.78, 5) is 0. The van der Waals surface area contributed by atoms with Crippen LogP contribution < -0.4 is 0 Å². The van der Waals surface area contributed by atoms with Crippen LogP contribution in [0.4, 0.5) is 0 Å². The van der Waals surface area contributed by atoms with Crippen LogP contribution in [0.3, 0.4) is 0 Å². The van der Waals surface area contributed by atoms with Gasteiger partial charge in [-0.3, -0.25) is 0 Å². The zero-order valence-electron chi connectivity index (χ0n) is 24.4. The van der Waals surface area contributed by atoms with Crippen LogP contribution in [0.1, 0.15) is 129 Å². The fourth-order valence-electron chi connectivity index (χ4n) is 7.92. The number of halogens is 3. The molecule has 0 spiro atoms. The predicted molar refractivity (Wildman–Crippen MR) is 164 cm³/mol. The topological polar surface area (TPSA) is 3.24 Å². The van der Waals surface area contributed by atoms with Gasteiger partial charge in [0.05, 0.1) is 0 Å². The average Bonchev–Trinajstić information content (AvgIpc) is 2.61. The van der Waals surface area contributed by atoms with Crippen molar-refractivity contribution < 1.29 is 0 Å². The maximum absolute atomic E-state index is 7.15. The molecule has 7 heteroatoms. The number of hydrogen-bond acceptors (Lipinski definition) is 1. The van der Waals surface area contributed by atoms with Gasteiger partial charge >= 0.3 is 6.00 Å². The number of unbranched alkanes of at least 4 members (excludes halogenated alkanes) is 4. The minimum Gasteiger partial charge on any atom is -0.341 e. The zero-order chi connectivity index (χ0) is 26.4. The second kappa shape index (κ2) is 14.4. The van der Waals surface area contributed by atoms with E-state index < -0.39 is 22.5 Å². The van der Waals surface area contributed by atoms with Crippen LogP contribution in [0, 0.1) is 0 Å². The van der Waals surface area contributed by atoms with Crippen molar-refractivity contribution >= 4 is 55.7 Å². The molecule has 0 bridgehead atoms. The van der Waals surface area contributed by atoms with Crippen LogP contribution in [0.5, 0.6) is 0 Å². The van der Waals surface area contributed by atoms with Gasteiger partial charge in [-0.05, 0) is 39.7 Å². The minimum absolute atomic E-state index is 0.127. The summed E-state index contributed by atoms with van der Waals surface area (Å²) in [5.74, 6) is 0. The molecule has 0 saturated heterocycles. The first kappa shape index (κ1) is 34.5. The molecular formula is C26H58Cl3NSi3. The minimum atomic E-state index is -3.00. The molecule has 0 heterocycles. The Morgan fingerprint density at radius 3 is 1.06 bits per heavy atom. The van der Waals surface area contributed by atoms with E-state index in [0.29, 0.717) is 33.2 Å². The summed E-state index contributed by atoms with van der Waals surface area (Å²) in [7, 11) is -4.11. The van der Waals surface area contributed by atoms with Gasteiger partial charge in [0.2, 0.25) is 0 Å². The van der Waals surface area contributed by atoms with Crippen LogP contribution in [0.15, 0.2) is 0 Å². The fourth-order valence-corrected chi connectivity index (χ4v) is 34.6. The summed E-state index contributed by atoms with van der Waals surface area (Å²) in [6.07, 6.45) is 7.36. The summed E-state index contributed by atoms with van der Waals surface area (Å²) in [6.45, 7) is 32.1. The molecule has 0 amide bonds. The van der Waals surface area contributed by atoms with Crippen molar-refractivity contribution in [1.82, 2.24) is 4.23 Å². The highest BCUT2D eigenvalue weighted by atomic mass is 35.8. The molecule has 0 fully saturated rings. The van der Waals surface area contributed by atoms with Gasteiger partial charge in [-0.1, -0.05) is 122 Å². The van der Waals surface area contributed by atoms with E-state index in [1.807, 2.05) is 0 Å². The maximum atomic E-state index is 7.15. The Morgan fingerprint density at radius 1 is 0.515 bits per heavy atom. The SMILES string of the molecule is CCCCCCCC(N([Si](C(C)C)(C(C)C)C(C)C)[Si](C(C)C)(C(C)C)C(C)C)[Si](Cl)(Cl)Cl. The van der Waals surface area contributed by atoms with Crippen LogP contribution in [0.2, 0.25) is 33.2 Å². The molecule has 1 unspecified atom stereocenters. The first-order valence-electron chi connectivity index (χ1n) is 13.8. The summed E-state index contributed by atoms with van der Waals surface area (Å²) in [6, 6.07) is -3.00. The number of rotatable bonds is 16. The van der Waals surface area contributed by atoms with E-state index in [1.165, 1.54) is 32.1 Å². The van der Waals surface area contributed by atoms with E-state index in [4.69, 9.17) is 33.2 Å². The van der Waals surface area contributed by atoms with E-state index in [2.05, 4.69) is 94.2 Å². The Hall–Kier alpha value is 1.48. The lowest BCUT2D eigenvalue weighted by Gasteiger charge is -2.66. The van der Waals surface area contributed by atoms with Crippen LogP contribution in [-0.2, 0) is 0 Å². The summed E-state index contributed by atoms with van der Waals surface area (Å²) in [5.41, 5.74) is 3.82. The average molecular weight is 575 g/mol. The van der Waals surface area contributed by atoms with E-state index in [9.17, 15) is 0 Å². The van der Waals surface area contributed by atoms with Gasteiger partial charge in [0.1, 0.15) is 16.5 Å². The fraction of sp³-hybridized carbons (Fsp3) is 1.00. The van der Waals surface area contributed by atoms with Gasteiger partial charge in [-0.2, -0.15) is 0 Å². The smallest absolute Gasteiger partial charge is 0.341 e. The third-order valence-electron chi connectivity index (χ3n) is 8.65. The van der Waals surface area contributed by atoms with Crippen molar-refractivity contribution in [3.8, 4) is 0 Å². The van der Waals surface area contributed by atoms with Crippen molar-refractivity contribution in [2.75, 3.05) is 0 Å². The highest BCUT2D eigenvalue weighted by Gasteiger charge is 2.63. The molecule has 0 radical (unpaired) electrons. The lowest BCUT2D eigenvalue weighted by atomic mass is 10.1. The largest absolute Gasteiger partial charge is 0.356 e. The van der Waals surface area contributed by atoms with Gasteiger partial charge in [-0.15, -0.1) is 33.2 Å². The van der Waals surface area contributed by atoms with Gasteiger partial charge in [0, 0.05) is 5.67 Å². The van der Waals surface area contributed by atoms with Crippen LogP contribution in [0.25, 0.3) is 0 Å². The summed E-state index contributed by atoms with van der Waals surface area (Å²) in [5, 5.41) is 0. The predicted octanol–water partition coefficient (Wildman–Crippen LogP) is 11.6. The molecule has 0 aromatic carbocycles. The van der Waals surface area contributed by atoms with Gasteiger partial charge in [0.15, 0.2) is 0 Å². The molecule has 0 N–H and O–H groups in total. The molecule has 200 valence electrons. The summed E-state index contributed by atoms with van der Waals surface area (Å²) < 4.78 is 3.15. The highest BCUT2D eigenvalue weighted by molar-refractivity contribution is 7.65. The van der Waals surface area contributed by atoms with Gasteiger partial charge in [-0.25, -0.2) is 0 Å². The lowest BCUT2D eigenvalue weighted by molar-refractivity contribution is 0.430. The molecule has 0 aliphatic heterocycles. The molecular weight excluding hydrogens is 517 g/mol. The number of nitrogens with zero attached hydrogens (tertiary/aromatic N) is 1. The van der Waals surface area contributed by atoms with E-state index in [1.54, 1.807) is 0 Å². The normalized spacial score (nSPS) is 15.4. The van der Waals surface area contributed by atoms with Crippen molar-refractivity contribution in [1.29, 1.82) is 0 Å². The van der Waals surface area contributed by atoms with Crippen LogP contribution >= 0.6 is 33.2 Å². The molecule has 1 nitrogen and oxygen atoms in total. The third-order valence-corrected chi connectivity index (χ3v) is 28.5. The Kier molecular flexibility index (Phi) is 15.1. The van der Waals surface area contributed by atoms with Crippen LogP contribution in [-0.4, -0.2) is 32.4 Å². The highest BCUT2D eigenvalue weighted by Crippen LogP contribution is 2.56. The molecule has 0 saturated carbocycles. The molecule has 33 heavy (non-hydrogen) atoms. The Bertz CT molecular complexity index is 470. The zero-order valence-corrected chi connectivity index (χ0v) is 29.6. The van der Waals surface area contributed by atoms with Crippen molar-refractivity contribution in [2.24, 2.45) is 0 Å². The van der Waals surface area contributed by atoms with Crippen molar-refractivity contribution in [3.63, 3.8) is 0 Å². The van der Waals surface area contributed by atoms with Gasteiger partial charge in [0.25, 0.3) is 0 Å². The van der Waals surface area contributed by atoms with E-state index in [-0.39, 0.29) is 5.67 Å². The first-order valence-corrected chi connectivity index (χ1v) is 23.3.